The van der Waals surface area contributed by atoms with Gasteiger partial charge in [0.15, 0.2) is 5.57 Å². The molecule has 5 heteroatoms. The first-order chi connectivity index (χ1) is 7.70. The van der Waals surface area contributed by atoms with Crippen LogP contribution < -0.4 is 5.32 Å². The van der Waals surface area contributed by atoms with E-state index in [0.29, 0.717) is 12.1 Å². The van der Waals surface area contributed by atoms with Crippen molar-refractivity contribution in [3.63, 3.8) is 0 Å². The Bertz CT molecular complexity index is 281. The maximum atomic E-state index is 11.5. The van der Waals surface area contributed by atoms with Crippen molar-refractivity contribution in [2.24, 2.45) is 0 Å². The molecule has 1 aliphatic heterocycles. The van der Waals surface area contributed by atoms with E-state index in [9.17, 15) is 9.59 Å². The number of rotatable bonds is 2. The fraction of sp³-hybridized carbons (Fsp3) is 0.636. The summed E-state index contributed by atoms with van der Waals surface area (Å²) in [6.07, 6.45) is 3.77. The largest absolute Gasteiger partial charge is 0.465 e. The standard InChI is InChI=1S/C11H17NO4/c1-15-10(13)9(11(14)16-2)8-6-4-3-5-7-12-8/h12H,3-7H2,1-2H3. The average Bonchev–Trinajstić information content (AvgIpc) is 2.57. The van der Waals surface area contributed by atoms with Crippen LogP contribution in [0, 0.1) is 0 Å². The molecule has 0 radical (unpaired) electrons. The highest BCUT2D eigenvalue weighted by Gasteiger charge is 2.25. The zero-order chi connectivity index (χ0) is 12.0. The lowest BCUT2D eigenvalue weighted by molar-refractivity contribution is -0.144. The van der Waals surface area contributed by atoms with Gasteiger partial charge in [-0.3, -0.25) is 0 Å². The second-order valence-electron chi connectivity index (χ2n) is 3.57. The van der Waals surface area contributed by atoms with Crippen LogP contribution in [0.4, 0.5) is 0 Å². The van der Waals surface area contributed by atoms with Crippen LogP contribution in [0.25, 0.3) is 0 Å². The minimum absolute atomic E-state index is 0.00750. The lowest BCUT2D eigenvalue weighted by atomic mass is 10.1. The van der Waals surface area contributed by atoms with Crippen molar-refractivity contribution < 1.29 is 19.1 Å². The third-order valence-corrected chi connectivity index (χ3v) is 2.52. The predicted molar refractivity (Wildman–Crippen MR) is 57.5 cm³/mol. The maximum absolute atomic E-state index is 11.5. The highest BCUT2D eigenvalue weighted by molar-refractivity contribution is 6.14. The Morgan fingerprint density at radius 2 is 1.69 bits per heavy atom. The molecule has 1 saturated heterocycles. The Hall–Kier alpha value is -1.52. The van der Waals surface area contributed by atoms with Gasteiger partial charge in [-0.25, -0.2) is 9.59 Å². The van der Waals surface area contributed by atoms with Gasteiger partial charge in [0.25, 0.3) is 0 Å². The first-order valence-corrected chi connectivity index (χ1v) is 5.34. The molecule has 0 aromatic carbocycles. The summed E-state index contributed by atoms with van der Waals surface area (Å²) in [6, 6.07) is 0. The summed E-state index contributed by atoms with van der Waals surface area (Å²) < 4.78 is 9.18. The number of ether oxygens (including phenoxy) is 2. The third-order valence-electron chi connectivity index (χ3n) is 2.52. The number of esters is 2. The van der Waals surface area contributed by atoms with Gasteiger partial charge >= 0.3 is 11.9 Å². The van der Waals surface area contributed by atoms with Crippen LogP contribution in [0.2, 0.25) is 0 Å². The van der Waals surface area contributed by atoms with E-state index in [4.69, 9.17) is 0 Å². The van der Waals surface area contributed by atoms with Gasteiger partial charge in [-0.1, -0.05) is 6.42 Å². The molecule has 1 heterocycles. The van der Waals surface area contributed by atoms with Crippen LogP contribution in [0.5, 0.6) is 0 Å². The normalized spacial score (nSPS) is 15.8. The van der Waals surface area contributed by atoms with E-state index in [-0.39, 0.29) is 5.57 Å². The lowest BCUT2D eigenvalue weighted by Crippen LogP contribution is -2.24. The van der Waals surface area contributed by atoms with E-state index in [0.717, 1.165) is 25.8 Å². The van der Waals surface area contributed by atoms with Gasteiger partial charge in [0.1, 0.15) is 0 Å². The van der Waals surface area contributed by atoms with Crippen LogP contribution in [0.1, 0.15) is 25.7 Å². The highest BCUT2D eigenvalue weighted by atomic mass is 16.5. The SMILES string of the molecule is COC(=O)C(C(=O)OC)=C1CCCCCN1. The number of carbonyl (C=O) groups excluding carboxylic acids is 2. The molecule has 5 nitrogen and oxygen atoms in total. The summed E-state index contributed by atoms with van der Waals surface area (Å²) in [5.41, 5.74) is 0.628. The van der Waals surface area contributed by atoms with Gasteiger partial charge in [-0.2, -0.15) is 0 Å². The average molecular weight is 227 g/mol. The third kappa shape index (κ3) is 2.98. The predicted octanol–water partition coefficient (Wildman–Crippen LogP) is 0.750. The smallest absolute Gasteiger partial charge is 0.347 e. The molecule has 0 atom stereocenters. The number of hydrogen-bond acceptors (Lipinski definition) is 5. The van der Waals surface area contributed by atoms with Crippen molar-refractivity contribution in [3.05, 3.63) is 11.3 Å². The topological polar surface area (TPSA) is 64.6 Å². The number of carbonyl (C=O) groups is 2. The van der Waals surface area contributed by atoms with Crippen LogP contribution in [0.3, 0.4) is 0 Å². The van der Waals surface area contributed by atoms with Crippen molar-refractivity contribution in [1.29, 1.82) is 0 Å². The first-order valence-electron chi connectivity index (χ1n) is 5.34. The molecule has 0 amide bonds. The van der Waals surface area contributed by atoms with Gasteiger partial charge in [0.2, 0.25) is 0 Å². The van der Waals surface area contributed by atoms with Crippen LogP contribution in [-0.4, -0.2) is 32.7 Å². The number of nitrogens with one attached hydrogen (secondary N) is 1. The number of hydrogen-bond donors (Lipinski definition) is 1. The van der Waals surface area contributed by atoms with Gasteiger partial charge in [-0.15, -0.1) is 0 Å². The molecule has 16 heavy (non-hydrogen) atoms. The van der Waals surface area contributed by atoms with Crippen molar-refractivity contribution in [3.8, 4) is 0 Å². The molecule has 0 unspecified atom stereocenters. The zero-order valence-corrected chi connectivity index (χ0v) is 9.67. The van der Waals surface area contributed by atoms with E-state index in [1.807, 2.05) is 0 Å². The molecule has 0 aliphatic carbocycles. The van der Waals surface area contributed by atoms with Crippen LogP contribution >= 0.6 is 0 Å². The molecule has 0 aromatic heterocycles. The second-order valence-corrected chi connectivity index (χ2v) is 3.57. The van der Waals surface area contributed by atoms with Crippen molar-refractivity contribution in [2.45, 2.75) is 25.7 Å². The molecule has 0 saturated carbocycles. The first kappa shape index (κ1) is 12.5. The van der Waals surface area contributed by atoms with E-state index >= 15 is 0 Å². The summed E-state index contributed by atoms with van der Waals surface area (Å²) in [6.45, 7) is 0.771. The Morgan fingerprint density at radius 1 is 1.06 bits per heavy atom. The summed E-state index contributed by atoms with van der Waals surface area (Å²) >= 11 is 0. The van der Waals surface area contributed by atoms with E-state index < -0.39 is 11.9 Å². The fourth-order valence-electron chi connectivity index (χ4n) is 1.68. The minimum atomic E-state index is -0.642. The maximum Gasteiger partial charge on any atom is 0.347 e. The molecule has 0 bridgehead atoms. The summed E-state index contributed by atoms with van der Waals surface area (Å²) in [4.78, 5) is 23.0. The van der Waals surface area contributed by atoms with E-state index in [2.05, 4.69) is 14.8 Å². The quantitative estimate of drug-likeness (QED) is 0.326. The van der Waals surface area contributed by atoms with Gasteiger partial charge in [0.05, 0.1) is 14.2 Å². The van der Waals surface area contributed by atoms with Gasteiger partial charge in [-0.05, 0) is 19.3 Å². The Labute approximate surface area is 94.8 Å². The van der Waals surface area contributed by atoms with Crippen LogP contribution in [-0.2, 0) is 19.1 Å². The minimum Gasteiger partial charge on any atom is -0.465 e. The van der Waals surface area contributed by atoms with Crippen LogP contribution in [0.15, 0.2) is 11.3 Å². The molecule has 90 valence electrons. The fourth-order valence-corrected chi connectivity index (χ4v) is 1.68. The molecule has 1 N–H and O–H groups in total. The van der Waals surface area contributed by atoms with Crippen molar-refractivity contribution in [2.75, 3.05) is 20.8 Å². The number of allylic oxidation sites excluding steroid dienone is 1. The molecular weight excluding hydrogens is 210 g/mol. The molecule has 0 aromatic rings. The lowest BCUT2D eigenvalue weighted by Gasteiger charge is -2.11. The summed E-state index contributed by atoms with van der Waals surface area (Å²) in [5, 5.41) is 3.09. The molecule has 1 rings (SSSR count). The molecular formula is C11H17NO4. The Balaban J connectivity index is 2.99. The molecule has 1 fully saturated rings. The Morgan fingerprint density at radius 3 is 2.25 bits per heavy atom. The van der Waals surface area contributed by atoms with Gasteiger partial charge in [0, 0.05) is 12.2 Å². The molecule has 0 spiro atoms. The van der Waals surface area contributed by atoms with Crippen molar-refractivity contribution in [1.82, 2.24) is 5.32 Å². The number of methoxy groups -OCH3 is 2. The summed E-state index contributed by atoms with van der Waals surface area (Å²) in [5.74, 6) is -1.28. The second kappa shape index (κ2) is 6.15. The molecule has 1 aliphatic rings. The van der Waals surface area contributed by atoms with E-state index in [1.54, 1.807) is 0 Å². The monoisotopic (exact) mass is 227 g/mol. The van der Waals surface area contributed by atoms with Gasteiger partial charge < -0.3 is 14.8 Å². The summed E-state index contributed by atoms with van der Waals surface area (Å²) in [7, 11) is 2.51. The van der Waals surface area contributed by atoms with Crippen molar-refractivity contribution >= 4 is 11.9 Å². The highest BCUT2D eigenvalue weighted by Crippen LogP contribution is 2.16. The zero-order valence-electron chi connectivity index (χ0n) is 9.67. The van der Waals surface area contributed by atoms with E-state index in [1.165, 1.54) is 14.2 Å². The Kier molecular flexibility index (Phi) is 4.82.